The molecule has 6 nitrogen and oxygen atoms in total. The molecular formula is C103H62N6. The van der Waals surface area contributed by atoms with Gasteiger partial charge in [-0.05, 0) is 150 Å². The molecule has 0 aliphatic heterocycles. The minimum absolute atomic E-state index is 0.462. The predicted octanol–water partition coefficient (Wildman–Crippen LogP) is 27.1. The number of benzene rings is 19. The molecule has 6 heteroatoms. The number of hydrogen-bond donors (Lipinski definition) is 0. The van der Waals surface area contributed by atoms with Crippen LogP contribution in [0.2, 0.25) is 0 Å². The van der Waals surface area contributed by atoms with Gasteiger partial charge in [0.1, 0.15) is 0 Å². The lowest BCUT2D eigenvalue weighted by atomic mass is 9.80. The van der Waals surface area contributed by atoms with Crippen molar-refractivity contribution in [1.29, 1.82) is 0 Å². The van der Waals surface area contributed by atoms with E-state index in [0.29, 0.717) is 11.9 Å². The second-order valence-electron chi connectivity index (χ2n) is 30.2. The van der Waals surface area contributed by atoms with Gasteiger partial charge in [0, 0.05) is 76.1 Å². The number of hydrogen-bond acceptors (Lipinski definition) is 4. The van der Waals surface area contributed by atoms with Gasteiger partial charge in [-0.25, -0.2) is 19.9 Å². The van der Waals surface area contributed by atoms with Crippen molar-refractivity contribution in [3.8, 4) is 67.9 Å². The molecule has 0 spiro atoms. The highest BCUT2D eigenvalue weighted by molar-refractivity contribution is 6.38. The Morgan fingerprint density at radius 2 is 0.624 bits per heavy atom. The first kappa shape index (κ1) is 60.1. The molecule has 1 aliphatic carbocycles. The summed E-state index contributed by atoms with van der Waals surface area (Å²) >= 11 is 0. The van der Waals surface area contributed by atoms with Crippen molar-refractivity contribution in [2.75, 3.05) is 0 Å². The number of fused-ring (bicyclic) bond motifs is 31. The topological polar surface area (TPSA) is 61.4 Å². The van der Waals surface area contributed by atoms with Crippen molar-refractivity contribution in [2.24, 2.45) is 0 Å². The van der Waals surface area contributed by atoms with Gasteiger partial charge in [-0.1, -0.05) is 317 Å². The summed E-state index contributed by atoms with van der Waals surface area (Å²) in [5.74, 6) is 1.26. The molecule has 109 heavy (non-hydrogen) atoms. The molecular weight excluding hydrogens is 1320 g/mol. The predicted molar refractivity (Wildman–Crippen MR) is 458 cm³/mol. The summed E-state index contributed by atoms with van der Waals surface area (Å²) in [5.41, 5.74) is 17.4. The first-order valence-electron chi connectivity index (χ1n) is 37.7. The van der Waals surface area contributed by atoms with E-state index in [1.54, 1.807) is 0 Å². The van der Waals surface area contributed by atoms with E-state index in [1.807, 2.05) is 0 Å². The molecule has 0 N–H and O–H groups in total. The zero-order chi connectivity index (χ0) is 71.5. The smallest absolute Gasteiger partial charge is 0.235 e. The Balaban J connectivity index is 0.673. The van der Waals surface area contributed by atoms with Crippen LogP contribution in [-0.4, -0.2) is 29.1 Å². The minimum Gasteiger partial charge on any atom is -0.277 e. The fraction of sp³-hybridized carbons (Fsp3) is 0.0291. The van der Waals surface area contributed by atoms with Crippen LogP contribution in [0, 0.1) is 0 Å². The van der Waals surface area contributed by atoms with Crippen molar-refractivity contribution in [3.63, 3.8) is 0 Å². The summed E-state index contributed by atoms with van der Waals surface area (Å²) in [6.45, 7) is 4.71. The van der Waals surface area contributed by atoms with Gasteiger partial charge in [0.05, 0.1) is 44.7 Å². The SMILES string of the molecule is CC1(C)c2ccc(-c3cccc(-c4ccc(-c5nc(-n6c7ccc8c9ccccc9c9ccccc9c8c7c7ccc8ccccc8c76)nc6ccc7ccccc7c56)cc4)c3)cc2-c2nc(-n3c4ccc5c6ccccc6c6ccccc6c5c4c4ccc5ccccc5c43)nc(-c3ccc4ccccc4c3)c21. The molecule has 0 amide bonds. The van der Waals surface area contributed by atoms with Crippen LogP contribution in [0.4, 0.5) is 0 Å². The molecule has 0 radical (unpaired) electrons. The van der Waals surface area contributed by atoms with Crippen molar-refractivity contribution < 1.29 is 0 Å². The lowest BCUT2D eigenvalue weighted by Crippen LogP contribution is -2.18. The van der Waals surface area contributed by atoms with Gasteiger partial charge in [-0.2, -0.15) is 0 Å². The maximum atomic E-state index is 5.98. The number of aromatic nitrogens is 6. The third-order valence-electron chi connectivity index (χ3n) is 24.2. The summed E-state index contributed by atoms with van der Waals surface area (Å²) in [4.78, 5) is 23.4. The maximum absolute atomic E-state index is 5.98. The summed E-state index contributed by atoms with van der Waals surface area (Å²) in [7, 11) is 0. The van der Waals surface area contributed by atoms with Crippen LogP contribution in [0.1, 0.15) is 25.0 Å². The molecule has 23 aromatic rings. The van der Waals surface area contributed by atoms with E-state index >= 15 is 0 Å². The highest BCUT2D eigenvalue weighted by atomic mass is 15.2. The van der Waals surface area contributed by atoms with E-state index in [-0.39, 0.29) is 0 Å². The Morgan fingerprint density at radius 1 is 0.229 bits per heavy atom. The van der Waals surface area contributed by atoms with Gasteiger partial charge < -0.3 is 0 Å². The number of rotatable bonds is 6. The molecule has 4 heterocycles. The Kier molecular flexibility index (Phi) is 12.4. The minimum atomic E-state index is -0.462. The fourth-order valence-corrected chi connectivity index (χ4v) is 19.3. The van der Waals surface area contributed by atoms with Crippen LogP contribution < -0.4 is 0 Å². The van der Waals surface area contributed by atoms with Crippen LogP contribution in [0.5, 0.6) is 0 Å². The maximum Gasteiger partial charge on any atom is 0.235 e. The third kappa shape index (κ3) is 8.51. The molecule has 504 valence electrons. The molecule has 0 saturated heterocycles. The standard InChI is InChI=1S/C103H62N6/c1-103(2)86-52-46-68(58-85(86)98-95(103)97(69-43-40-59-20-3-4-24-65(59)57-69)106-102(107-98)109-89-55-51-82-78-35-14-12-31-74(78)76-33-16-18-37-80(76)91(82)94(89)84-49-45-63-23-7-10-29-72(63)100(84)109)67-26-19-25-66(56-67)60-38-41-64(42-39-60)96-92-70-27-8-5-21-61(70)47-53-87(92)104-101(105-96)108-88-54-50-81-77-34-13-11-30-73(77)75-32-15-17-36-79(75)90(81)93(88)83-48-44-62-22-6-9-28-71(62)99(83)108/h3-58H,1-2H3. The molecule has 0 bridgehead atoms. The average Bonchev–Trinajstić information content (AvgIpc) is 1.56. The zero-order valence-electron chi connectivity index (χ0n) is 59.5. The zero-order valence-corrected chi connectivity index (χ0v) is 59.5. The van der Waals surface area contributed by atoms with E-state index in [1.165, 1.54) is 103 Å². The van der Waals surface area contributed by atoms with Crippen molar-refractivity contribution in [2.45, 2.75) is 19.3 Å². The fourth-order valence-electron chi connectivity index (χ4n) is 19.3. The van der Waals surface area contributed by atoms with E-state index in [0.717, 1.165) is 127 Å². The molecule has 1 aliphatic rings. The van der Waals surface area contributed by atoms with Gasteiger partial charge in [-0.3, -0.25) is 9.13 Å². The van der Waals surface area contributed by atoms with Crippen LogP contribution in [0.3, 0.4) is 0 Å². The Morgan fingerprint density at radius 3 is 1.20 bits per heavy atom. The van der Waals surface area contributed by atoms with E-state index in [4.69, 9.17) is 19.9 Å². The first-order valence-corrected chi connectivity index (χ1v) is 37.7. The summed E-state index contributed by atoms with van der Waals surface area (Å²) in [5, 5.41) is 29.8. The molecule has 19 aromatic carbocycles. The van der Waals surface area contributed by atoms with Crippen LogP contribution in [-0.2, 0) is 5.41 Å². The van der Waals surface area contributed by atoms with Crippen LogP contribution >= 0.6 is 0 Å². The average molecular weight is 1380 g/mol. The lowest BCUT2D eigenvalue weighted by molar-refractivity contribution is 0.657. The summed E-state index contributed by atoms with van der Waals surface area (Å²) < 4.78 is 4.73. The van der Waals surface area contributed by atoms with Crippen molar-refractivity contribution in [3.05, 3.63) is 351 Å². The summed E-state index contributed by atoms with van der Waals surface area (Å²) in [6, 6.07) is 125. The Bertz CT molecular complexity index is 7940. The van der Waals surface area contributed by atoms with Gasteiger partial charge in [0.25, 0.3) is 0 Å². The van der Waals surface area contributed by atoms with Gasteiger partial charge in [0.15, 0.2) is 0 Å². The molecule has 0 unspecified atom stereocenters. The molecule has 4 aromatic heterocycles. The normalized spacial score (nSPS) is 12.9. The van der Waals surface area contributed by atoms with E-state index in [2.05, 4.69) is 363 Å². The lowest BCUT2D eigenvalue weighted by Gasteiger charge is -2.24. The van der Waals surface area contributed by atoms with E-state index in [9.17, 15) is 0 Å². The molecule has 24 rings (SSSR count). The largest absolute Gasteiger partial charge is 0.277 e. The van der Waals surface area contributed by atoms with Crippen LogP contribution in [0.25, 0.3) is 230 Å². The number of nitrogens with zero attached hydrogens (tertiary/aromatic N) is 6. The van der Waals surface area contributed by atoms with E-state index < -0.39 is 5.41 Å². The van der Waals surface area contributed by atoms with Gasteiger partial charge in [-0.15, -0.1) is 0 Å². The monoisotopic (exact) mass is 1380 g/mol. The van der Waals surface area contributed by atoms with Gasteiger partial charge >= 0.3 is 0 Å². The van der Waals surface area contributed by atoms with Gasteiger partial charge in [0.2, 0.25) is 11.9 Å². The molecule has 0 atom stereocenters. The second kappa shape index (κ2) is 22.4. The third-order valence-corrected chi connectivity index (χ3v) is 24.2. The second-order valence-corrected chi connectivity index (χ2v) is 30.2. The van der Waals surface area contributed by atoms with Crippen LogP contribution in [0.15, 0.2) is 340 Å². The first-order chi connectivity index (χ1) is 53.8. The van der Waals surface area contributed by atoms with Crippen molar-refractivity contribution >= 4 is 162 Å². The highest BCUT2D eigenvalue weighted by Crippen LogP contribution is 2.54. The molecule has 0 saturated carbocycles. The quantitative estimate of drug-likeness (QED) is 0.156. The van der Waals surface area contributed by atoms with Crippen molar-refractivity contribution in [1.82, 2.24) is 29.1 Å². The Hall–Kier alpha value is -14.2. The molecule has 0 fully saturated rings. The highest BCUT2D eigenvalue weighted by Gasteiger charge is 2.41. The Labute approximate surface area is 625 Å². The summed E-state index contributed by atoms with van der Waals surface area (Å²) in [6.07, 6.45) is 0.